The van der Waals surface area contributed by atoms with Crippen molar-refractivity contribution in [3.8, 4) is 10.6 Å². The minimum absolute atomic E-state index is 0.0139. The van der Waals surface area contributed by atoms with Crippen molar-refractivity contribution in [2.45, 2.75) is 47.1 Å². The summed E-state index contributed by atoms with van der Waals surface area (Å²) in [5, 5.41) is 3.78. The Morgan fingerprint density at radius 2 is 1.79 bits per heavy atom. The van der Waals surface area contributed by atoms with Crippen LogP contribution in [-0.2, 0) is 11.3 Å². The number of halogens is 1. The van der Waals surface area contributed by atoms with Crippen LogP contribution >= 0.6 is 11.3 Å². The molecule has 1 aliphatic heterocycles. The number of aromatic nitrogens is 1. The molecule has 178 valence electrons. The molecule has 1 saturated heterocycles. The van der Waals surface area contributed by atoms with E-state index < -0.39 is 0 Å². The average Bonchev–Trinajstić information content (AvgIpc) is 3.20. The Bertz CT molecular complexity index is 1230. The van der Waals surface area contributed by atoms with E-state index in [2.05, 4.69) is 42.3 Å². The van der Waals surface area contributed by atoms with Gasteiger partial charge in [0.15, 0.2) is 0 Å². The van der Waals surface area contributed by atoms with Crippen LogP contribution in [0.25, 0.3) is 10.6 Å². The Labute approximate surface area is 204 Å². The first-order valence-electron chi connectivity index (χ1n) is 11.6. The van der Waals surface area contributed by atoms with Crippen LogP contribution in [0.4, 0.5) is 4.39 Å². The Balaban J connectivity index is 1.35. The maximum Gasteiger partial charge on any atom is 0.265 e. The van der Waals surface area contributed by atoms with Gasteiger partial charge in [-0.3, -0.25) is 9.59 Å². The monoisotopic (exact) mass is 479 g/mol. The number of hydrogen-bond acceptors (Lipinski definition) is 4. The number of benzene rings is 2. The van der Waals surface area contributed by atoms with Crippen molar-refractivity contribution in [1.82, 2.24) is 15.2 Å². The molecule has 1 aromatic heterocycles. The van der Waals surface area contributed by atoms with E-state index in [0.717, 1.165) is 27.4 Å². The van der Waals surface area contributed by atoms with Gasteiger partial charge in [-0.25, -0.2) is 9.37 Å². The first kappa shape index (κ1) is 24.1. The highest BCUT2D eigenvalue weighted by Crippen LogP contribution is 2.32. The Hall–Kier alpha value is -3.06. The van der Waals surface area contributed by atoms with E-state index in [-0.39, 0.29) is 23.5 Å². The van der Waals surface area contributed by atoms with Crippen LogP contribution in [-0.4, -0.2) is 34.8 Å². The Morgan fingerprint density at radius 1 is 1.06 bits per heavy atom. The number of nitrogens with zero attached hydrogens (tertiary/aromatic N) is 2. The van der Waals surface area contributed by atoms with Gasteiger partial charge >= 0.3 is 0 Å². The molecule has 0 saturated carbocycles. The van der Waals surface area contributed by atoms with Crippen LogP contribution in [0.1, 0.15) is 50.5 Å². The van der Waals surface area contributed by atoms with Crippen molar-refractivity contribution < 1.29 is 14.0 Å². The highest BCUT2D eigenvalue weighted by molar-refractivity contribution is 7.17. The number of amides is 2. The molecule has 2 aromatic carbocycles. The molecule has 1 fully saturated rings. The minimum atomic E-state index is -0.266. The molecule has 1 aliphatic rings. The lowest BCUT2D eigenvalue weighted by Crippen LogP contribution is -2.42. The zero-order valence-electron chi connectivity index (χ0n) is 20.1. The van der Waals surface area contributed by atoms with Crippen LogP contribution in [0.3, 0.4) is 0 Å². The van der Waals surface area contributed by atoms with E-state index in [4.69, 9.17) is 0 Å². The van der Waals surface area contributed by atoms with Crippen LogP contribution in [0.15, 0.2) is 36.4 Å². The van der Waals surface area contributed by atoms with Gasteiger partial charge < -0.3 is 10.2 Å². The van der Waals surface area contributed by atoms with Crippen LogP contribution in [0.5, 0.6) is 0 Å². The van der Waals surface area contributed by atoms with Crippen molar-refractivity contribution in [3.05, 3.63) is 75.0 Å². The highest BCUT2D eigenvalue weighted by atomic mass is 32.1. The molecule has 2 heterocycles. The minimum Gasteiger partial charge on any atom is -0.352 e. The van der Waals surface area contributed by atoms with Gasteiger partial charge in [0.1, 0.15) is 15.7 Å². The summed E-state index contributed by atoms with van der Waals surface area (Å²) in [6.45, 7) is 9.08. The summed E-state index contributed by atoms with van der Waals surface area (Å²) in [5.74, 6) is -0.468. The van der Waals surface area contributed by atoms with Crippen molar-refractivity contribution in [3.63, 3.8) is 0 Å². The fourth-order valence-corrected chi connectivity index (χ4v) is 5.46. The summed E-state index contributed by atoms with van der Waals surface area (Å²) in [6.07, 6.45) is 1.23. The quantitative estimate of drug-likeness (QED) is 0.537. The van der Waals surface area contributed by atoms with Gasteiger partial charge in [-0.2, -0.15) is 0 Å². The summed E-state index contributed by atoms with van der Waals surface area (Å²) in [7, 11) is 0. The zero-order valence-corrected chi connectivity index (χ0v) is 20.9. The predicted molar refractivity (Wildman–Crippen MR) is 133 cm³/mol. The second kappa shape index (κ2) is 10.1. The van der Waals surface area contributed by atoms with Crippen LogP contribution < -0.4 is 5.32 Å². The number of hydrogen-bond donors (Lipinski definition) is 1. The number of carbonyl (C=O) groups excluding carboxylic acids is 2. The summed E-state index contributed by atoms with van der Waals surface area (Å²) in [4.78, 5) is 33.0. The highest BCUT2D eigenvalue weighted by Gasteiger charge is 2.29. The summed E-state index contributed by atoms with van der Waals surface area (Å²) >= 11 is 1.44. The van der Waals surface area contributed by atoms with E-state index in [9.17, 15) is 14.0 Å². The van der Waals surface area contributed by atoms with Gasteiger partial charge in [-0.05, 0) is 63.3 Å². The van der Waals surface area contributed by atoms with Gasteiger partial charge in [0.2, 0.25) is 5.91 Å². The average molecular weight is 480 g/mol. The number of aryl methyl sites for hydroxylation is 4. The molecule has 1 N–H and O–H groups in total. The lowest BCUT2D eigenvalue weighted by Gasteiger charge is -2.31. The molecule has 2 amide bonds. The van der Waals surface area contributed by atoms with Crippen molar-refractivity contribution in [2.75, 3.05) is 13.1 Å². The number of nitrogens with one attached hydrogen (secondary N) is 1. The van der Waals surface area contributed by atoms with E-state index in [0.29, 0.717) is 42.9 Å². The lowest BCUT2D eigenvalue weighted by molar-refractivity contribution is -0.126. The van der Waals surface area contributed by atoms with E-state index in [1.807, 2.05) is 17.9 Å². The summed E-state index contributed by atoms with van der Waals surface area (Å²) in [5.41, 5.74) is 5.47. The molecule has 0 bridgehead atoms. The molecular formula is C27H30FN3O2S. The third-order valence-corrected chi connectivity index (χ3v) is 7.64. The van der Waals surface area contributed by atoms with Gasteiger partial charge in [0.05, 0.1) is 5.69 Å². The fraction of sp³-hybridized carbons (Fsp3) is 0.370. The molecule has 3 aromatic rings. The van der Waals surface area contributed by atoms with Crippen molar-refractivity contribution in [2.24, 2.45) is 5.92 Å². The molecule has 0 unspecified atom stereocenters. The molecule has 0 spiro atoms. The van der Waals surface area contributed by atoms with Crippen LogP contribution in [0.2, 0.25) is 0 Å². The van der Waals surface area contributed by atoms with Gasteiger partial charge in [-0.1, -0.05) is 35.9 Å². The normalized spacial score (nSPS) is 14.3. The largest absolute Gasteiger partial charge is 0.352 e. The molecule has 34 heavy (non-hydrogen) atoms. The fourth-order valence-electron chi connectivity index (χ4n) is 4.33. The standard InChI is InChI=1S/C27H30FN3O2S/c1-16-5-8-22(18(3)13-16)26-30-19(4)24(34-26)27(33)31-11-9-21(10-12-31)25(32)29-15-20-7-6-17(2)23(28)14-20/h5-8,13-14,21H,9-12,15H2,1-4H3,(H,29,32). The topological polar surface area (TPSA) is 62.3 Å². The molecule has 4 rings (SSSR count). The summed E-state index contributed by atoms with van der Waals surface area (Å²) < 4.78 is 13.7. The molecule has 0 radical (unpaired) electrons. The number of likely N-dealkylation sites (tertiary alicyclic amines) is 1. The van der Waals surface area contributed by atoms with Crippen molar-refractivity contribution >= 4 is 23.2 Å². The first-order valence-corrected chi connectivity index (χ1v) is 12.4. The Kier molecular flexibility index (Phi) is 7.12. The number of carbonyl (C=O) groups is 2. The predicted octanol–water partition coefficient (Wildman–Crippen LogP) is 5.35. The third kappa shape index (κ3) is 5.20. The number of rotatable bonds is 5. The molecular weight excluding hydrogens is 449 g/mol. The molecule has 0 aliphatic carbocycles. The van der Waals surface area contributed by atoms with Gasteiger partial charge in [0, 0.05) is 31.1 Å². The van der Waals surface area contributed by atoms with E-state index >= 15 is 0 Å². The third-order valence-electron chi connectivity index (χ3n) is 6.46. The van der Waals surface area contributed by atoms with Gasteiger partial charge in [-0.15, -0.1) is 11.3 Å². The van der Waals surface area contributed by atoms with E-state index in [1.54, 1.807) is 13.0 Å². The van der Waals surface area contributed by atoms with E-state index in [1.165, 1.54) is 23.0 Å². The molecule has 5 nitrogen and oxygen atoms in total. The van der Waals surface area contributed by atoms with Crippen LogP contribution in [0, 0.1) is 39.4 Å². The SMILES string of the molecule is Cc1ccc(-c2nc(C)c(C(=O)N3CCC(C(=O)NCc4ccc(C)c(F)c4)CC3)s2)c(C)c1. The maximum absolute atomic E-state index is 13.7. The molecule has 0 atom stereocenters. The number of piperidine rings is 1. The van der Waals surface area contributed by atoms with Gasteiger partial charge in [0.25, 0.3) is 5.91 Å². The molecule has 7 heteroatoms. The maximum atomic E-state index is 13.7. The van der Waals surface area contributed by atoms with Crippen molar-refractivity contribution in [1.29, 1.82) is 0 Å². The Morgan fingerprint density at radius 3 is 2.47 bits per heavy atom. The second-order valence-corrected chi connectivity index (χ2v) is 10.1. The number of thiazole rings is 1. The lowest BCUT2D eigenvalue weighted by atomic mass is 9.95. The first-order chi connectivity index (χ1) is 16.2. The smallest absolute Gasteiger partial charge is 0.265 e. The summed E-state index contributed by atoms with van der Waals surface area (Å²) in [6, 6.07) is 11.2. The second-order valence-electron chi connectivity index (χ2n) is 9.12. The zero-order chi connectivity index (χ0) is 24.4.